The number of rotatable bonds is 6. The second-order valence-electron chi connectivity index (χ2n) is 10.2. The second kappa shape index (κ2) is 13.8. The van der Waals surface area contributed by atoms with Gasteiger partial charge in [0.2, 0.25) is 0 Å². The number of aromatic nitrogens is 1. The monoisotopic (exact) mass is 652 g/mol. The summed E-state index contributed by atoms with van der Waals surface area (Å²) in [6, 6.07) is 18.0. The van der Waals surface area contributed by atoms with Crippen LogP contribution in [0.25, 0.3) is 10.9 Å². The molecule has 1 aliphatic rings. The van der Waals surface area contributed by atoms with Crippen molar-refractivity contribution in [2.45, 2.75) is 32.6 Å². The zero-order chi connectivity index (χ0) is 27.9. The van der Waals surface area contributed by atoms with E-state index in [1.807, 2.05) is 13.0 Å². The molecule has 0 unspecified atom stereocenters. The van der Waals surface area contributed by atoms with E-state index in [9.17, 15) is 18.3 Å². The molecule has 5 rings (SSSR count). The molecule has 1 aliphatic heterocycles. The van der Waals surface area contributed by atoms with Crippen LogP contribution >= 0.6 is 37.2 Å². The van der Waals surface area contributed by atoms with E-state index in [-0.39, 0.29) is 53.4 Å². The molecule has 0 bridgehead atoms. The number of halogens is 3. The van der Waals surface area contributed by atoms with Crippen LogP contribution in [-0.4, -0.2) is 50.7 Å². The number of pyridine rings is 1. The summed E-state index contributed by atoms with van der Waals surface area (Å²) < 4.78 is 28.7. The van der Waals surface area contributed by atoms with Gasteiger partial charge in [-0.1, -0.05) is 29.8 Å². The first-order chi connectivity index (χ1) is 18.5. The van der Waals surface area contributed by atoms with Crippen LogP contribution in [0.15, 0.2) is 65.6 Å². The SMILES string of the molecule is Cc1ccc(S(=O)(=O)Nc2ccc3nc(N4CCN(c5cc(C)ccc5C)CC4)cc(C(=O)O)c3c2)c(C)c1.Cl.Cl.Cl. The molecule has 8 nitrogen and oxygen atoms in total. The molecule has 1 aromatic heterocycles. The number of fused-ring (bicyclic) bond motifs is 1. The highest BCUT2D eigenvalue weighted by molar-refractivity contribution is 7.92. The lowest BCUT2D eigenvalue weighted by Gasteiger charge is -2.37. The molecule has 42 heavy (non-hydrogen) atoms. The Kier molecular flexibility index (Phi) is 11.5. The number of carboxylic acid groups (broad SMARTS) is 1. The summed E-state index contributed by atoms with van der Waals surface area (Å²) >= 11 is 0. The third-order valence-corrected chi connectivity index (χ3v) is 8.75. The third-order valence-electron chi connectivity index (χ3n) is 7.21. The van der Waals surface area contributed by atoms with Crippen LogP contribution in [-0.2, 0) is 10.0 Å². The summed E-state index contributed by atoms with van der Waals surface area (Å²) in [6.07, 6.45) is 0. The van der Waals surface area contributed by atoms with E-state index in [1.54, 1.807) is 37.3 Å². The van der Waals surface area contributed by atoms with Crippen LogP contribution in [0.2, 0.25) is 0 Å². The van der Waals surface area contributed by atoms with Crippen molar-refractivity contribution in [1.82, 2.24) is 4.98 Å². The topological polar surface area (TPSA) is 103 Å². The number of piperazine rings is 1. The predicted octanol–water partition coefficient (Wildman–Crippen LogP) is 6.56. The van der Waals surface area contributed by atoms with Crippen molar-refractivity contribution in [1.29, 1.82) is 0 Å². The Labute approximate surface area is 265 Å². The summed E-state index contributed by atoms with van der Waals surface area (Å²) in [7, 11) is -3.85. The summed E-state index contributed by atoms with van der Waals surface area (Å²) in [5.41, 5.74) is 6.14. The van der Waals surface area contributed by atoms with E-state index in [2.05, 4.69) is 46.6 Å². The van der Waals surface area contributed by atoms with E-state index in [0.29, 0.717) is 35.4 Å². The molecule has 4 aromatic rings. The molecule has 0 atom stereocenters. The summed E-state index contributed by atoms with van der Waals surface area (Å²) in [5.74, 6) is -0.490. The number of carboxylic acids is 1. The summed E-state index contributed by atoms with van der Waals surface area (Å²) in [6.45, 7) is 10.9. The zero-order valence-electron chi connectivity index (χ0n) is 23.7. The van der Waals surface area contributed by atoms with Gasteiger partial charge in [0.25, 0.3) is 10.0 Å². The number of carbonyl (C=O) groups is 1. The first-order valence-electron chi connectivity index (χ1n) is 12.9. The maximum atomic E-state index is 13.1. The Morgan fingerprint density at radius 2 is 1.40 bits per heavy atom. The minimum absolute atomic E-state index is 0. The van der Waals surface area contributed by atoms with Crippen molar-refractivity contribution < 1.29 is 18.3 Å². The molecule has 1 fully saturated rings. The van der Waals surface area contributed by atoms with Gasteiger partial charge in [-0.3, -0.25) is 4.72 Å². The van der Waals surface area contributed by atoms with Gasteiger partial charge in [0.05, 0.1) is 16.0 Å². The second-order valence-corrected chi connectivity index (χ2v) is 11.9. The molecule has 2 heterocycles. The Balaban J connectivity index is 0.00000205. The van der Waals surface area contributed by atoms with Gasteiger partial charge in [-0.2, -0.15) is 0 Å². The van der Waals surface area contributed by atoms with Crippen LogP contribution in [0.1, 0.15) is 32.6 Å². The van der Waals surface area contributed by atoms with Crippen LogP contribution in [0.5, 0.6) is 0 Å². The number of hydrogen-bond acceptors (Lipinski definition) is 6. The molecule has 12 heteroatoms. The van der Waals surface area contributed by atoms with Crippen molar-refractivity contribution >= 4 is 81.3 Å². The number of aromatic carboxylic acids is 1. The number of sulfonamides is 1. The van der Waals surface area contributed by atoms with Crippen LogP contribution in [0.4, 0.5) is 17.2 Å². The minimum atomic E-state index is -3.85. The Morgan fingerprint density at radius 1 is 0.786 bits per heavy atom. The quantitative estimate of drug-likeness (QED) is 0.243. The lowest BCUT2D eigenvalue weighted by molar-refractivity contribution is 0.0699. The van der Waals surface area contributed by atoms with Crippen molar-refractivity contribution in [3.8, 4) is 0 Å². The summed E-state index contributed by atoms with van der Waals surface area (Å²) in [4.78, 5) is 21.7. The van der Waals surface area contributed by atoms with Gasteiger partial charge < -0.3 is 14.9 Å². The number of hydrogen-bond donors (Lipinski definition) is 2. The number of nitrogens with zero attached hydrogens (tertiary/aromatic N) is 3. The van der Waals surface area contributed by atoms with Gasteiger partial charge in [0, 0.05) is 42.9 Å². The molecule has 2 N–H and O–H groups in total. The van der Waals surface area contributed by atoms with Crippen LogP contribution < -0.4 is 14.5 Å². The van der Waals surface area contributed by atoms with E-state index in [4.69, 9.17) is 4.98 Å². The van der Waals surface area contributed by atoms with Crippen molar-refractivity contribution in [2.24, 2.45) is 0 Å². The summed E-state index contributed by atoms with van der Waals surface area (Å²) in [5, 5.41) is 10.4. The Bertz CT molecular complexity index is 1710. The third kappa shape index (κ3) is 7.21. The van der Waals surface area contributed by atoms with Crippen molar-refractivity contribution in [2.75, 3.05) is 40.7 Å². The maximum absolute atomic E-state index is 13.1. The normalized spacial score (nSPS) is 13.0. The molecule has 0 amide bonds. The van der Waals surface area contributed by atoms with Gasteiger partial charge >= 0.3 is 5.97 Å². The fourth-order valence-electron chi connectivity index (χ4n) is 5.16. The molecule has 3 aromatic carbocycles. The molecule has 0 spiro atoms. The number of nitrogens with one attached hydrogen (secondary N) is 1. The molecular weight excluding hydrogens is 619 g/mol. The molecular formula is C30H35Cl3N4O4S. The zero-order valence-corrected chi connectivity index (χ0v) is 27.0. The average Bonchev–Trinajstić information content (AvgIpc) is 2.89. The number of benzene rings is 3. The highest BCUT2D eigenvalue weighted by atomic mass is 35.5. The lowest BCUT2D eigenvalue weighted by atomic mass is 10.1. The Morgan fingerprint density at radius 3 is 2.05 bits per heavy atom. The predicted molar refractivity (Wildman–Crippen MR) is 178 cm³/mol. The number of anilines is 3. The standard InChI is InChI=1S/C30H32N4O4S.3ClH/c1-19-6-10-28(22(4)15-19)39(37,38)32-23-8-9-26-24(17-23)25(30(35)36)18-29(31-26)34-13-11-33(12-14-34)27-16-20(2)5-7-21(27)3;;;/h5-10,15-18,32H,11-14H2,1-4H3,(H,35,36);3*1H. The average molecular weight is 654 g/mol. The molecule has 0 radical (unpaired) electrons. The van der Waals surface area contributed by atoms with Gasteiger partial charge in [-0.25, -0.2) is 18.2 Å². The van der Waals surface area contributed by atoms with Crippen molar-refractivity contribution in [3.63, 3.8) is 0 Å². The molecule has 226 valence electrons. The molecule has 1 saturated heterocycles. The van der Waals surface area contributed by atoms with Gasteiger partial charge in [0.1, 0.15) is 5.82 Å². The van der Waals surface area contributed by atoms with Gasteiger partial charge in [0.15, 0.2) is 0 Å². The lowest BCUT2D eigenvalue weighted by Crippen LogP contribution is -2.47. The molecule has 0 aliphatic carbocycles. The van der Waals surface area contributed by atoms with E-state index >= 15 is 0 Å². The first kappa shape index (κ1) is 35.0. The fourth-order valence-corrected chi connectivity index (χ4v) is 6.44. The highest BCUT2D eigenvalue weighted by Crippen LogP contribution is 2.29. The van der Waals surface area contributed by atoms with Crippen LogP contribution in [0, 0.1) is 27.7 Å². The first-order valence-corrected chi connectivity index (χ1v) is 14.4. The van der Waals surface area contributed by atoms with Crippen LogP contribution in [0.3, 0.4) is 0 Å². The smallest absolute Gasteiger partial charge is 0.336 e. The minimum Gasteiger partial charge on any atom is -0.478 e. The van der Waals surface area contributed by atoms with E-state index < -0.39 is 16.0 Å². The van der Waals surface area contributed by atoms with E-state index in [1.165, 1.54) is 22.9 Å². The molecule has 0 saturated carbocycles. The maximum Gasteiger partial charge on any atom is 0.336 e. The number of aryl methyl sites for hydroxylation is 4. The van der Waals surface area contributed by atoms with E-state index in [0.717, 1.165) is 18.7 Å². The largest absolute Gasteiger partial charge is 0.478 e. The fraction of sp³-hybridized carbons (Fsp3) is 0.267. The van der Waals surface area contributed by atoms with Gasteiger partial charge in [-0.15, -0.1) is 37.2 Å². The van der Waals surface area contributed by atoms with Crippen molar-refractivity contribution in [3.05, 3.63) is 88.5 Å². The Hall–Kier alpha value is -3.24. The highest BCUT2D eigenvalue weighted by Gasteiger charge is 2.23. The van der Waals surface area contributed by atoms with Gasteiger partial charge in [-0.05, 0) is 80.8 Å².